The van der Waals surface area contributed by atoms with Crippen LogP contribution in [-0.4, -0.2) is 51.5 Å². The van der Waals surface area contributed by atoms with Crippen LogP contribution in [0.4, 0.5) is 11.9 Å². The molecule has 2 heterocycles. The van der Waals surface area contributed by atoms with E-state index in [1.165, 1.54) is 0 Å². The first kappa shape index (κ1) is 14.7. The van der Waals surface area contributed by atoms with E-state index in [2.05, 4.69) is 20.3 Å². The van der Waals surface area contributed by atoms with Gasteiger partial charge in [-0.3, -0.25) is 0 Å². The Morgan fingerprint density at radius 2 is 2.05 bits per heavy atom. The third-order valence-corrected chi connectivity index (χ3v) is 2.97. The highest BCUT2D eigenvalue weighted by molar-refractivity contribution is 5.33. The van der Waals surface area contributed by atoms with Gasteiger partial charge in [0.15, 0.2) is 0 Å². The van der Waals surface area contributed by atoms with Crippen molar-refractivity contribution in [2.24, 2.45) is 0 Å². The second-order valence-corrected chi connectivity index (χ2v) is 5.16. The molecular formula is C12H21N5O3. The average Bonchev–Trinajstić information content (AvgIpc) is 2.36. The summed E-state index contributed by atoms with van der Waals surface area (Å²) >= 11 is 0. The minimum absolute atomic E-state index is 0.0515. The first-order chi connectivity index (χ1) is 9.47. The lowest BCUT2D eigenvalue weighted by Crippen LogP contribution is -2.42. The molecule has 1 saturated heterocycles. The molecule has 1 aliphatic heterocycles. The zero-order valence-corrected chi connectivity index (χ0v) is 11.8. The van der Waals surface area contributed by atoms with Gasteiger partial charge in [0, 0.05) is 32.6 Å². The lowest BCUT2D eigenvalue weighted by atomic mass is 9.94. The summed E-state index contributed by atoms with van der Waals surface area (Å²) in [5, 5.41) is 13.3. The topological polar surface area (TPSA) is 115 Å². The molecular weight excluding hydrogens is 262 g/mol. The molecule has 1 fully saturated rings. The van der Waals surface area contributed by atoms with Crippen LogP contribution in [0.2, 0.25) is 0 Å². The number of nitrogens with zero attached hydrogens (tertiary/aromatic N) is 3. The van der Waals surface area contributed by atoms with Crippen molar-refractivity contribution in [3.05, 3.63) is 0 Å². The Balaban J connectivity index is 1.99. The highest BCUT2D eigenvalue weighted by Crippen LogP contribution is 2.21. The van der Waals surface area contributed by atoms with Crippen molar-refractivity contribution in [2.45, 2.75) is 38.4 Å². The van der Waals surface area contributed by atoms with Gasteiger partial charge in [0.1, 0.15) is 0 Å². The molecule has 0 atom stereocenters. The fourth-order valence-electron chi connectivity index (χ4n) is 1.89. The second-order valence-electron chi connectivity index (χ2n) is 5.16. The Kier molecular flexibility index (Phi) is 4.56. The van der Waals surface area contributed by atoms with E-state index in [1.54, 1.807) is 0 Å². The molecule has 1 aromatic rings. The summed E-state index contributed by atoms with van der Waals surface area (Å²) in [6.45, 7) is 5.19. The van der Waals surface area contributed by atoms with Crippen LogP contribution in [0.25, 0.3) is 0 Å². The highest BCUT2D eigenvalue weighted by atomic mass is 16.5. The van der Waals surface area contributed by atoms with Crippen LogP contribution in [0.3, 0.4) is 0 Å². The molecule has 20 heavy (non-hydrogen) atoms. The molecule has 0 aliphatic carbocycles. The molecule has 0 amide bonds. The molecule has 0 aromatic carbocycles. The van der Waals surface area contributed by atoms with Gasteiger partial charge < -0.3 is 25.6 Å². The molecule has 112 valence electrons. The fraction of sp³-hybridized carbons (Fsp3) is 0.750. The van der Waals surface area contributed by atoms with Crippen molar-refractivity contribution in [1.29, 1.82) is 0 Å². The van der Waals surface area contributed by atoms with Crippen LogP contribution in [0.5, 0.6) is 6.01 Å². The van der Waals surface area contributed by atoms with E-state index in [9.17, 15) is 5.11 Å². The highest BCUT2D eigenvalue weighted by Gasteiger charge is 2.29. The average molecular weight is 283 g/mol. The maximum absolute atomic E-state index is 10.3. The lowest BCUT2D eigenvalue weighted by molar-refractivity contribution is -0.0544. The molecule has 0 unspecified atom stereocenters. The first-order valence-corrected chi connectivity index (χ1v) is 6.69. The van der Waals surface area contributed by atoms with E-state index in [0.29, 0.717) is 38.5 Å². The SMILES string of the molecule is CC(C)Oc1nc(N)nc(NCC2(O)CCOCC2)n1. The third kappa shape index (κ3) is 4.17. The van der Waals surface area contributed by atoms with Crippen LogP contribution >= 0.6 is 0 Å². The van der Waals surface area contributed by atoms with Crippen LogP contribution in [0.15, 0.2) is 0 Å². The molecule has 4 N–H and O–H groups in total. The van der Waals surface area contributed by atoms with Crippen LogP contribution < -0.4 is 15.8 Å². The summed E-state index contributed by atoms with van der Waals surface area (Å²) < 4.78 is 10.6. The molecule has 1 aromatic heterocycles. The molecule has 8 heteroatoms. The second kappa shape index (κ2) is 6.19. The van der Waals surface area contributed by atoms with E-state index in [0.717, 1.165) is 0 Å². The minimum Gasteiger partial charge on any atom is -0.461 e. The summed E-state index contributed by atoms with van der Waals surface area (Å²) in [7, 11) is 0. The smallest absolute Gasteiger partial charge is 0.323 e. The minimum atomic E-state index is -0.807. The maximum Gasteiger partial charge on any atom is 0.323 e. The number of rotatable bonds is 5. The van der Waals surface area contributed by atoms with E-state index in [1.807, 2.05) is 13.8 Å². The Bertz CT molecular complexity index is 449. The van der Waals surface area contributed by atoms with Gasteiger partial charge in [0.2, 0.25) is 11.9 Å². The fourth-order valence-corrected chi connectivity index (χ4v) is 1.89. The van der Waals surface area contributed by atoms with E-state index in [4.69, 9.17) is 15.2 Å². The molecule has 0 spiro atoms. The van der Waals surface area contributed by atoms with Crippen molar-refractivity contribution in [1.82, 2.24) is 15.0 Å². The number of ether oxygens (including phenoxy) is 2. The largest absolute Gasteiger partial charge is 0.461 e. The van der Waals surface area contributed by atoms with E-state index < -0.39 is 5.60 Å². The van der Waals surface area contributed by atoms with Gasteiger partial charge in [-0.25, -0.2) is 0 Å². The zero-order chi connectivity index (χ0) is 14.6. The summed E-state index contributed by atoms with van der Waals surface area (Å²) in [6.07, 6.45) is 1.11. The molecule has 1 aliphatic rings. The first-order valence-electron chi connectivity index (χ1n) is 6.69. The predicted molar refractivity (Wildman–Crippen MR) is 73.5 cm³/mol. The number of hydrogen-bond donors (Lipinski definition) is 3. The number of hydrogen-bond acceptors (Lipinski definition) is 8. The van der Waals surface area contributed by atoms with Crippen molar-refractivity contribution < 1.29 is 14.6 Å². The van der Waals surface area contributed by atoms with E-state index in [-0.39, 0.29) is 18.1 Å². The summed E-state index contributed by atoms with van der Waals surface area (Å²) in [5.74, 6) is 0.380. The van der Waals surface area contributed by atoms with Crippen LogP contribution in [0, 0.1) is 0 Å². The number of nitrogens with two attached hydrogens (primary N) is 1. The predicted octanol–water partition coefficient (Wildman–Crippen LogP) is 0.194. The Labute approximate surface area is 117 Å². The van der Waals surface area contributed by atoms with Gasteiger partial charge >= 0.3 is 6.01 Å². The van der Waals surface area contributed by atoms with Gasteiger partial charge in [-0.15, -0.1) is 0 Å². The molecule has 8 nitrogen and oxygen atoms in total. The number of anilines is 2. The van der Waals surface area contributed by atoms with Gasteiger partial charge in [-0.05, 0) is 13.8 Å². The molecule has 0 saturated carbocycles. The van der Waals surface area contributed by atoms with Crippen molar-refractivity contribution in [3.63, 3.8) is 0 Å². The van der Waals surface area contributed by atoms with Gasteiger partial charge in [-0.2, -0.15) is 15.0 Å². The number of nitrogen functional groups attached to an aromatic ring is 1. The van der Waals surface area contributed by atoms with Crippen molar-refractivity contribution >= 4 is 11.9 Å². The number of aliphatic hydroxyl groups is 1. The van der Waals surface area contributed by atoms with Crippen molar-refractivity contribution in [2.75, 3.05) is 30.8 Å². The monoisotopic (exact) mass is 283 g/mol. The Morgan fingerprint density at radius 1 is 1.35 bits per heavy atom. The normalized spacial score (nSPS) is 18.0. The summed E-state index contributed by atoms with van der Waals surface area (Å²) in [6, 6.07) is 0.175. The summed E-state index contributed by atoms with van der Waals surface area (Å²) in [4.78, 5) is 12.0. The van der Waals surface area contributed by atoms with Crippen molar-refractivity contribution in [3.8, 4) is 6.01 Å². The Morgan fingerprint density at radius 3 is 2.70 bits per heavy atom. The number of nitrogens with one attached hydrogen (secondary N) is 1. The molecule has 0 bridgehead atoms. The van der Waals surface area contributed by atoms with Crippen LogP contribution in [-0.2, 0) is 4.74 Å². The number of aromatic nitrogens is 3. The third-order valence-electron chi connectivity index (χ3n) is 2.97. The molecule has 2 rings (SSSR count). The van der Waals surface area contributed by atoms with Gasteiger partial charge in [0.25, 0.3) is 0 Å². The lowest BCUT2D eigenvalue weighted by Gasteiger charge is -2.32. The zero-order valence-electron chi connectivity index (χ0n) is 11.8. The Hall–Kier alpha value is -1.67. The quantitative estimate of drug-likeness (QED) is 0.701. The maximum atomic E-state index is 10.3. The summed E-state index contributed by atoms with van der Waals surface area (Å²) in [5.41, 5.74) is 4.81. The van der Waals surface area contributed by atoms with Gasteiger partial charge in [0.05, 0.1) is 11.7 Å². The molecule has 0 radical (unpaired) electrons. The standard InChI is InChI=1S/C12H21N5O3/c1-8(2)20-11-16-9(13)15-10(17-11)14-7-12(18)3-5-19-6-4-12/h8,18H,3-7H2,1-2H3,(H3,13,14,15,16,17). The van der Waals surface area contributed by atoms with E-state index >= 15 is 0 Å². The van der Waals surface area contributed by atoms with Gasteiger partial charge in [-0.1, -0.05) is 0 Å². The van der Waals surface area contributed by atoms with Crippen LogP contribution in [0.1, 0.15) is 26.7 Å².